The van der Waals surface area contributed by atoms with Crippen molar-refractivity contribution in [1.82, 2.24) is 14.5 Å². The van der Waals surface area contributed by atoms with Gasteiger partial charge in [0.2, 0.25) is 0 Å². The van der Waals surface area contributed by atoms with Crippen molar-refractivity contribution in [1.29, 1.82) is 0 Å². The van der Waals surface area contributed by atoms with Gasteiger partial charge in [-0.3, -0.25) is 0 Å². The molecule has 0 unspecified atom stereocenters. The Morgan fingerprint density at radius 1 is 0.935 bits per heavy atom. The fourth-order valence-corrected chi connectivity index (χ4v) is 4.09. The summed E-state index contributed by atoms with van der Waals surface area (Å²) in [6.45, 7) is 8.22. The van der Waals surface area contributed by atoms with Crippen molar-refractivity contribution in [3.05, 3.63) is 67.1 Å². The molecule has 0 aliphatic rings. The van der Waals surface area contributed by atoms with Gasteiger partial charge >= 0.3 is 0 Å². The van der Waals surface area contributed by atoms with Crippen LogP contribution in [0.2, 0.25) is 25.7 Å². The lowest BCUT2D eigenvalue weighted by molar-refractivity contribution is 0.0899. The van der Waals surface area contributed by atoms with Crippen LogP contribution in [-0.2, 0) is 11.5 Å². The summed E-state index contributed by atoms with van der Waals surface area (Å²) in [5, 5.41) is 0.841. The van der Waals surface area contributed by atoms with Gasteiger partial charge in [0.1, 0.15) is 36.0 Å². The van der Waals surface area contributed by atoms with Crippen LogP contribution in [0.5, 0.6) is 11.5 Å². The average Bonchev–Trinajstić information content (AvgIpc) is 3.12. The molecule has 2 N–H and O–H groups in total. The molecule has 0 aliphatic heterocycles. The maximum atomic E-state index is 6.23. The van der Waals surface area contributed by atoms with Crippen molar-refractivity contribution in [2.45, 2.75) is 32.4 Å². The largest absolute Gasteiger partial charge is 0.457 e. The predicted octanol–water partition coefficient (Wildman–Crippen LogP) is 5.79. The second-order valence-electron chi connectivity index (χ2n) is 8.76. The molecule has 0 bridgehead atoms. The quantitative estimate of drug-likeness (QED) is 0.282. The standard InChI is InChI=1S/C24H28N4O2Si/c1-31(2,3)14-13-29-17-28-15-21(22-23(25)26-16-27-24(22)28)18-9-11-20(12-10-18)30-19-7-5-4-6-8-19/h4-12,15-16H,13-14,17H2,1-3H3,(H2,25,26,27). The van der Waals surface area contributed by atoms with E-state index in [1.165, 1.54) is 6.33 Å². The highest BCUT2D eigenvalue weighted by molar-refractivity contribution is 6.76. The molecular weight excluding hydrogens is 404 g/mol. The number of aromatic nitrogens is 3. The zero-order valence-electron chi connectivity index (χ0n) is 18.2. The monoisotopic (exact) mass is 432 g/mol. The van der Waals surface area contributed by atoms with E-state index >= 15 is 0 Å². The Balaban J connectivity index is 1.58. The molecule has 2 aromatic heterocycles. The highest BCUT2D eigenvalue weighted by Gasteiger charge is 2.16. The highest BCUT2D eigenvalue weighted by atomic mass is 28.3. The molecule has 6 nitrogen and oxygen atoms in total. The van der Waals surface area contributed by atoms with E-state index in [1.807, 2.05) is 65.4 Å². The zero-order chi connectivity index (χ0) is 21.8. The van der Waals surface area contributed by atoms with Gasteiger partial charge in [0.05, 0.1) is 5.39 Å². The van der Waals surface area contributed by atoms with Crippen molar-refractivity contribution in [3.63, 3.8) is 0 Å². The summed E-state index contributed by atoms with van der Waals surface area (Å²) in [5.41, 5.74) is 9.01. The Morgan fingerprint density at radius 3 is 2.35 bits per heavy atom. The number of fused-ring (bicyclic) bond motifs is 1. The first-order valence-corrected chi connectivity index (χ1v) is 14.1. The van der Waals surface area contributed by atoms with E-state index in [-0.39, 0.29) is 0 Å². The third-order valence-corrected chi connectivity index (χ3v) is 6.76. The molecular formula is C24H28N4O2Si. The number of hydrogen-bond acceptors (Lipinski definition) is 5. The van der Waals surface area contributed by atoms with Crippen LogP contribution in [0.15, 0.2) is 67.1 Å². The summed E-state index contributed by atoms with van der Waals surface area (Å²) in [6.07, 6.45) is 3.54. The molecule has 4 rings (SSSR count). The number of nitrogen functional groups attached to an aromatic ring is 1. The van der Waals surface area contributed by atoms with E-state index in [9.17, 15) is 0 Å². The molecule has 0 saturated carbocycles. The van der Waals surface area contributed by atoms with Gasteiger partial charge in [-0.15, -0.1) is 0 Å². The van der Waals surface area contributed by atoms with E-state index in [1.54, 1.807) is 0 Å². The van der Waals surface area contributed by atoms with E-state index in [0.717, 1.165) is 46.3 Å². The Morgan fingerprint density at radius 2 is 1.65 bits per heavy atom. The second kappa shape index (κ2) is 8.91. The Labute approximate surface area is 183 Å². The predicted molar refractivity (Wildman–Crippen MR) is 128 cm³/mol. The number of anilines is 1. The lowest BCUT2D eigenvalue weighted by atomic mass is 10.1. The number of hydrogen-bond donors (Lipinski definition) is 1. The smallest absolute Gasteiger partial charge is 0.148 e. The topological polar surface area (TPSA) is 75.2 Å². The number of nitrogens with zero attached hydrogens (tertiary/aromatic N) is 3. The fraction of sp³-hybridized carbons (Fsp3) is 0.250. The number of rotatable bonds is 8. The van der Waals surface area contributed by atoms with Crippen LogP contribution in [0.4, 0.5) is 5.82 Å². The van der Waals surface area contributed by atoms with Crippen LogP contribution < -0.4 is 10.5 Å². The molecule has 4 aromatic rings. The lowest BCUT2D eigenvalue weighted by Gasteiger charge is -2.15. The molecule has 0 fully saturated rings. The third kappa shape index (κ3) is 5.12. The summed E-state index contributed by atoms with van der Waals surface area (Å²) in [5.74, 6) is 2.04. The van der Waals surface area contributed by atoms with Crippen LogP contribution >= 0.6 is 0 Å². The molecule has 2 heterocycles. The molecule has 7 heteroatoms. The molecule has 0 atom stereocenters. The van der Waals surface area contributed by atoms with Gasteiger partial charge in [-0.1, -0.05) is 50.0 Å². The van der Waals surface area contributed by atoms with E-state index in [2.05, 4.69) is 29.6 Å². The van der Waals surface area contributed by atoms with Gasteiger partial charge in [-0.05, 0) is 35.9 Å². The van der Waals surface area contributed by atoms with Gasteiger partial charge in [0.15, 0.2) is 0 Å². The van der Waals surface area contributed by atoms with Crippen LogP contribution in [0, 0.1) is 0 Å². The van der Waals surface area contributed by atoms with Crippen LogP contribution in [0.3, 0.4) is 0 Å². The van der Waals surface area contributed by atoms with Crippen molar-refractivity contribution in [3.8, 4) is 22.6 Å². The Kier molecular flexibility index (Phi) is 6.06. The van der Waals surface area contributed by atoms with Crippen molar-refractivity contribution in [2.75, 3.05) is 12.3 Å². The highest BCUT2D eigenvalue weighted by Crippen LogP contribution is 2.34. The normalized spacial score (nSPS) is 11.7. The summed E-state index contributed by atoms with van der Waals surface area (Å²) in [6, 6.07) is 18.8. The SMILES string of the molecule is C[Si](C)(C)CCOCn1cc(-c2ccc(Oc3ccccc3)cc2)c2c(N)ncnc21. The lowest BCUT2D eigenvalue weighted by Crippen LogP contribution is -2.22. The van der Waals surface area contributed by atoms with E-state index in [4.69, 9.17) is 15.2 Å². The minimum absolute atomic E-state index is 0.437. The number of nitrogens with two attached hydrogens (primary N) is 1. The average molecular weight is 433 g/mol. The minimum Gasteiger partial charge on any atom is -0.457 e. The number of ether oxygens (including phenoxy) is 2. The molecule has 0 saturated heterocycles. The van der Waals surface area contributed by atoms with Gasteiger partial charge in [0.25, 0.3) is 0 Å². The molecule has 160 valence electrons. The Bertz CT molecular complexity index is 1150. The van der Waals surface area contributed by atoms with Crippen molar-refractivity contribution < 1.29 is 9.47 Å². The summed E-state index contributed by atoms with van der Waals surface area (Å²) in [7, 11) is -1.13. The van der Waals surface area contributed by atoms with Gasteiger partial charge in [0, 0.05) is 26.4 Å². The zero-order valence-corrected chi connectivity index (χ0v) is 19.2. The summed E-state index contributed by atoms with van der Waals surface area (Å²) >= 11 is 0. The first kappa shape index (κ1) is 21.1. The van der Waals surface area contributed by atoms with Crippen LogP contribution in [0.25, 0.3) is 22.2 Å². The van der Waals surface area contributed by atoms with Crippen LogP contribution in [0.1, 0.15) is 0 Å². The number of para-hydroxylation sites is 1. The first-order valence-electron chi connectivity index (χ1n) is 10.4. The Hall–Kier alpha value is -3.16. The minimum atomic E-state index is -1.13. The fourth-order valence-electron chi connectivity index (χ4n) is 3.33. The van der Waals surface area contributed by atoms with Crippen molar-refractivity contribution >= 4 is 24.9 Å². The van der Waals surface area contributed by atoms with E-state index in [0.29, 0.717) is 12.5 Å². The van der Waals surface area contributed by atoms with Gasteiger partial charge < -0.3 is 19.8 Å². The molecule has 0 amide bonds. The second-order valence-corrected chi connectivity index (χ2v) is 14.4. The third-order valence-electron chi connectivity index (χ3n) is 5.05. The first-order chi connectivity index (χ1) is 14.9. The van der Waals surface area contributed by atoms with Crippen LogP contribution in [-0.4, -0.2) is 29.2 Å². The maximum absolute atomic E-state index is 6.23. The van der Waals surface area contributed by atoms with Gasteiger partial charge in [-0.2, -0.15) is 0 Å². The maximum Gasteiger partial charge on any atom is 0.148 e. The van der Waals surface area contributed by atoms with Gasteiger partial charge in [-0.25, -0.2) is 9.97 Å². The van der Waals surface area contributed by atoms with Crippen molar-refractivity contribution in [2.24, 2.45) is 0 Å². The molecule has 2 aromatic carbocycles. The molecule has 31 heavy (non-hydrogen) atoms. The van der Waals surface area contributed by atoms with E-state index < -0.39 is 8.07 Å². The molecule has 0 radical (unpaired) electrons. The summed E-state index contributed by atoms with van der Waals surface area (Å²) < 4.78 is 13.9. The molecule has 0 spiro atoms. The summed E-state index contributed by atoms with van der Waals surface area (Å²) in [4.78, 5) is 8.67. The molecule has 0 aliphatic carbocycles. The number of benzene rings is 2.